The normalized spacial score (nSPS) is 15.5. The number of carbonyl (C=O) groups is 2. The standard InChI is InChI=1S/C20H20ClNO4/c21-17-6-7-18-15(11-17)10-16(12-25-18)20(24)26-13-19(23)22-9-8-14-4-2-1-3-5-14/h1-7,11,16H,8-10,12-13H2,(H,22,23)/t16-/m1/s1. The summed E-state index contributed by atoms with van der Waals surface area (Å²) in [6.07, 6.45) is 1.22. The molecular weight excluding hydrogens is 354 g/mol. The van der Waals surface area contributed by atoms with Crippen LogP contribution in [-0.4, -0.2) is 31.6 Å². The van der Waals surface area contributed by atoms with Gasteiger partial charge in [-0.25, -0.2) is 0 Å². The van der Waals surface area contributed by atoms with Crippen LogP contribution in [0.15, 0.2) is 48.5 Å². The van der Waals surface area contributed by atoms with Gasteiger partial charge < -0.3 is 14.8 Å². The summed E-state index contributed by atoms with van der Waals surface area (Å²) >= 11 is 5.97. The predicted octanol–water partition coefficient (Wildman–Crippen LogP) is 2.79. The van der Waals surface area contributed by atoms with Crippen molar-refractivity contribution < 1.29 is 19.1 Å². The molecule has 0 aliphatic carbocycles. The van der Waals surface area contributed by atoms with Gasteiger partial charge in [-0.3, -0.25) is 9.59 Å². The number of halogens is 1. The van der Waals surface area contributed by atoms with Crippen LogP contribution in [0.1, 0.15) is 11.1 Å². The highest BCUT2D eigenvalue weighted by molar-refractivity contribution is 6.30. The van der Waals surface area contributed by atoms with Crippen LogP contribution in [0.2, 0.25) is 5.02 Å². The van der Waals surface area contributed by atoms with Crippen molar-refractivity contribution in [2.75, 3.05) is 19.8 Å². The quantitative estimate of drug-likeness (QED) is 0.791. The molecule has 6 heteroatoms. The van der Waals surface area contributed by atoms with Gasteiger partial charge in [-0.2, -0.15) is 0 Å². The van der Waals surface area contributed by atoms with Gasteiger partial charge in [-0.05, 0) is 42.2 Å². The summed E-state index contributed by atoms with van der Waals surface area (Å²) in [7, 11) is 0. The lowest BCUT2D eigenvalue weighted by Crippen LogP contribution is -2.34. The number of benzene rings is 2. The zero-order valence-electron chi connectivity index (χ0n) is 14.2. The second-order valence-corrected chi connectivity index (χ2v) is 6.59. The third-order valence-corrected chi connectivity index (χ3v) is 4.42. The van der Waals surface area contributed by atoms with Crippen LogP contribution >= 0.6 is 11.6 Å². The van der Waals surface area contributed by atoms with Crippen molar-refractivity contribution in [2.24, 2.45) is 5.92 Å². The average molecular weight is 374 g/mol. The van der Waals surface area contributed by atoms with Gasteiger partial charge in [0.05, 0.1) is 5.92 Å². The van der Waals surface area contributed by atoms with Crippen LogP contribution in [0.25, 0.3) is 0 Å². The van der Waals surface area contributed by atoms with Crippen LogP contribution in [0.3, 0.4) is 0 Å². The number of rotatable bonds is 6. The predicted molar refractivity (Wildman–Crippen MR) is 98.3 cm³/mol. The second kappa shape index (κ2) is 8.72. The molecule has 1 heterocycles. The van der Waals surface area contributed by atoms with Crippen molar-refractivity contribution >= 4 is 23.5 Å². The molecule has 1 aliphatic heterocycles. The second-order valence-electron chi connectivity index (χ2n) is 6.16. The van der Waals surface area contributed by atoms with E-state index < -0.39 is 11.9 Å². The molecule has 1 aliphatic rings. The third kappa shape index (κ3) is 4.99. The average Bonchev–Trinajstić information content (AvgIpc) is 2.66. The summed E-state index contributed by atoms with van der Waals surface area (Å²) in [6.45, 7) is 0.453. The zero-order chi connectivity index (χ0) is 18.4. The maximum atomic E-state index is 12.2. The molecule has 0 fully saturated rings. The zero-order valence-corrected chi connectivity index (χ0v) is 15.0. The van der Waals surface area contributed by atoms with Gasteiger partial charge in [0.1, 0.15) is 12.4 Å². The molecule has 0 bridgehead atoms. The van der Waals surface area contributed by atoms with Gasteiger partial charge in [-0.1, -0.05) is 41.9 Å². The Labute approximate surface area is 157 Å². The lowest BCUT2D eigenvalue weighted by molar-refractivity contribution is -0.153. The van der Waals surface area contributed by atoms with E-state index in [1.165, 1.54) is 0 Å². The van der Waals surface area contributed by atoms with E-state index >= 15 is 0 Å². The minimum Gasteiger partial charge on any atom is -0.492 e. The number of nitrogens with one attached hydrogen (secondary N) is 1. The van der Waals surface area contributed by atoms with Gasteiger partial charge in [0.2, 0.25) is 0 Å². The van der Waals surface area contributed by atoms with Gasteiger partial charge >= 0.3 is 5.97 Å². The number of hydrogen-bond acceptors (Lipinski definition) is 4. The molecule has 3 rings (SSSR count). The van der Waals surface area contributed by atoms with Crippen LogP contribution < -0.4 is 10.1 Å². The van der Waals surface area contributed by atoms with Crippen molar-refractivity contribution in [2.45, 2.75) is 12.8 Å². The SMILES string of the molecule is O=C(COC(=O)[C@H]1COc2ccc(Cl)cc2C1)NCCc1ccccc1. The van der Waals surface area contributed by atoms with E-state index in [0.29, 0.717) is 18.0 Å². The maximum Gasteiger partial charge on any atom is 0.313 e. The molecule has 0 saturated carbocycles. The summed E-state index contributed by atoms with van der Waals surface area (Å²) in [5.41, 5.74) is 2.01. The smallest absolute Gasteiger partial charge is 0.313 e. The number of fused-ring (bicyclic) bond motifs is 1. The van der Waals surface area contributed by atoms with Crippen molar-refractivity contribution in [3.63, 3.8) is 0 Å². The van der Waals surface area contributed by atoms with Crippen molar-refractivity contribution in [1.29, 1.82) is 0 Å². The number of carbonyl (C=O) groups excluding carboxylic acids is 2. The Kier molecular flexibility index (Phi) is 6.12. The number of amides is 1. The molecule has 1 N–H and O–H groups in total. The molecule has 0 unspecified atom stereocenters. The van der Waals surface area contributed by atoms with E-state index in [2.05, 4.69) is 5.32 Å². The van der Waals surface area contributed by atoms with Crippen molar-refractivity contribution in [1.82, 2.24) is 5.32 Å². The molecule has 1 amide bonds. The highest BCUT2D eigenvalue weighted by atomic mass is 35.5. The van der Waals surface area contributed by atoms with Crippen LogP contribution in [-0.2, 0) is 27.2 Å². The minimum atomic E-state index is -0.436. The largest absolute Gasteiger partial charge is 0.492 e. The molecule has 2 aromatic rings. The molecular formula is C20H20ClNO4. The van der Waals surface area contributed by atoms with Crippen LogP contribution in [0, 0.1) is 5.92 Å². The van der Waals surface area contributed by atoms with Gasteiger partial charge in [-0.15, -0.1) is 0 Å². The fourth-order valence-electron chi connectivity index (χ4n) is 2.81. The summed E-state index contributed by atoms with van der Waals surface area (Å²) in [4.78, 5) is 24.0. The fraction of sp³-hybridized carbons (Fsp3) is 0.300. The van der Waals surface area contributed by atoms with Gasteiger partial charge in [0.25, 0.3) is 5.91 Å². The fourth-order valence-corrected chi connectivity index (χ4v) is 3.01. The Balaban J connectivity index is 1.40. The summed E-state index contributed by atoms with van der Waals surface area (Å²) < 4.78 is 10.7. The first-order valence-electron chi connectivity index (χ1n) is 8.50. The number of ether oxygens (including phenoxy) is 2. The highest BCUT2D eigenvalue weighted by Crippen LogP contribution is 2.30. The Morgan fingerprint density at radius 3 is 2.81 bits per heavy atom. The van der Waals surface area contributed by atoms with E-state index in [0.717, 1.165) is 23.3 Å². The topological polar surface area (TPSA) is 64.6 Å². The Hall–Kier alpha value is -2.53. The Morgan fingerprint density at radius 2 is 2.00 bits per heavy atom. The molecule has 5 nitrogen and oxygen atoms in total. The molecule has 1 atom stereocenters. The van der Waals surface area contributed by atoms with E-state index in [4.69, 9.17) is 21.1 Å². The van der Waals surface area contributed by atoms with E-state index in [1.54, 1.807) is 18.2 Å². The first kappa shape index (κ1) is 18.3. The maximum absolute atomic E-state index is 12.2. The summed E-state index contributed by atoms with van der Waals surface area (Å²) in [5.74, 6) is -0.446. The molecule has 0 radical (unpaired) electrons. The molecule has 2 aromatic carbocycles. The lowest BCUT2D eigenvalue weighted by Gasteiger charge is -2.24. The highest BCUT2D eigenvalue weighted by Gasteiger charge is 2.27. The molecule has 0 spiro atoms. The Morgan fingerprint density at radius 1 is 1.19 bits per heavy atom. The molecule has 26 heavy (non-hydrogen) atoms. The lowest BCUT2D eigenvalue weighted by atomic mass is 9.97. The van der Waals surface area contributed by atoms with Crippen molar-refractivity contribution in [3.05, 3.63) is 64.7 Å². The van der Waals surface area contributed by atoms with Crippen LogP contribution in [0.4, 0.5) is 0 Å². The third-order valence-electron chi connectivity index (χ3n) is 4.19. The first-order chi connectivity index (χ1) is 12.6. The van der Waals surface area contributed by atoms with E-state index in [1.807, 2.05) is 30.3 Å². The number of hydrogen-bond donors (Lipinski definition) is 1. The number of esters is 1. The first-order valence-corrected chi connectivity index (χ1v) is 8.88. The van der Waals surface area contributed by atoms with Crippen LogP contribution in [0.5, 0.6) is 5.75 Å². The summed E-state index contributed by atoms with van der Waals surface area (Å²) in [5, 5.41) is 3.34. The van der Waals surface area contributed by atoms with Crippen molar-refractivity contribution in [3.8, 4) is 5.75 Å². The molecule has 0 saturated heterocycles. The minimum absolute atomic E-state index is 0.239. The Bertz CT molecular complexity index is 779. The van der Waals surface area contributed by atoms with Gasteiger partial charge in [0, 0.05) is 11.6 Å². The summed E-state index contributed by atoms with van der Waals surface area (Å²) in [6, 6.07) is 15.2. The molecule has 0 aromatic heterocycles. The van der Waals surface area contributed by atoms with E-state index in [-0.39, 0.29) is 19.1 Å². The van der Waals surface area contributed by atoms with E-state index in [9.17, 15) is 9.59 Å². The van der Waals surface area contributed by atoms with Gasteiger partial charge in [0.15, 0.2) is 6.61 Å². The monoisotopic (exact) mass is 373 g/mol. The molecule has 136 valence electrons.